The predicted molar refractivity (Wildman–Crippen MR) is 115 cm³/mol. The molecule has 0 aliphatic carbocycles. The second kappa shape index (κ2) is 9.23. The van der Waals surface area contributed by atoms with Gasteiger partial charge in [0.25, 0.3) is 0 Å². The summed E-state index contributed by atoms with van der Waals surface area (Å²) in [7, 11) is -4.21. The van der Waals surface area contributed by atoms with Gasteiger partial charge in [0.1, 0.15) is 28.1 Å². The predicted octanol–water partition coefficient (Wildman–Crippen LogP) is 4.47. The molecule has 3 aromatic rings. The van der Waals surface area contributed by atoms with E-state index in [2.05, 4.69) is 10.4 Å². The van der Waals surface area contributed by atoms with Crippen molar-refractivity contribution in [2.24, 2.45) is 0 Å². The zero-order valence-electron chi connectivity index (χ0n) is 16.7. The van der Waals surface area contributed by atoms with Crippen molar-refractivity contribution in [3.8, 4) is 0 Å². The minimum Gasteiger partial charge on any atom is -0.383 e. The van der Waals surface area contributed by atoms with E-state index >= 15 is 0 Å². The fourth-order valence-electron chi connectivity index (χ4n) is 2.80. The number of carbonyl (C=O) groups is 1. The van der Waals surface area contributed by atoms with Gasteiger partial charge in [-0.2, -0.15) is 18.3 Å². The standard InChI is InChI=1S/C19H15ClF4N4O3S2/c1-32-18-16(33(30,31)12-5-3-11(21)4-6-12)17(25)28(27-18)9-15(29)26-14-8-10(19(22,23)24)2-7-13(14)20/h2-8H,9,25H2,1H3,(H,26,29). The van der Waals surface area contributed by atoms with E-state index in [9.17, 15) is 30.8 Å². The van der Waals surface area contributed by atoms with E-state index in [4.69, 9.17) is 17.3 Å². The summed E-state index contributed by atoms with van der Waals surface area (Å²) >= 11 is 6.83. The summed E-state index contributed by atoms with van der Waals surface area (Å²) in [4.78, 5) is 11.8. The Hall–Kier alpha value is -2.77. The van der Waals surface area contributed by atoms with E-state index in [0.29, 0.717) is 6.07 Å². The maximum absolute atomic E-state index is 13.2. The maximum Gasteiger partial charge on any atom is 0.416 e. The van der Waals surface area contributed by atoms with Gasteiger partial charge in [0, 0.05) is 0 Å². The molecule has 3 rings (SSSR count). The number of sulfone groups is 1. The van der Waals surface area contributed by atoms with Crippen LogP contribution in [-0.4, -0.2) is 30.4 Å². The first-order valence-corrected chi connectivity index (χ1v) is 12.0. The Kier molecular flexibility index (Phi) is 6.96. The van der Waals surface area contributed by atoms with Crippen LogP contribution < -0.4 is 11.1 Å². The molecule has 0 unspecified atom stereocenters. The monoisotopic (exact) mass is 522 g/mol. The lowest BCUT2D eigenvalue weighted by molar-refractivity contribution is -0.137. The quantitative estimate of drug-likeness (QED) is 0.281. The molecule has 0 bridgehead atoms. The summed E-state index contributed by atoms with van der Waals surface area (Å²) < 4.78 is 78.9. The number of nitrogens with two attached hydrogens (primary N) is 1. The van der Waals surface area contributed by atoms with Gasteiger partial charge in [0.05, 0.1) is 21.2 Å². The molecule has 1 heterocycles. The molecule has 0 spiro atoms. The molecule has 14 heteroatoms. The van der Waals surface area contributed by atoms with E-state index in [1.165, 1.54) is 6.26 Å². The van der Waals surface area contributed by atoms with Gasteiger partial charge < -0.3 is 11.1 Å². The highest BCUT2D eigenvalue weighted by atomic mass is 35.5. The Labute approximate surface area is 194 Å². The van der Waals surface area contributed by atoms with Gasteiger partial charge in [-0.15, -0.1) is 11.8 Å². The lowest BCUT2D eigenvalue weighted by atomic mass is 10.2. The molecule has 0 atom stereocenters. The highest BCUT2D eigenvalue weighted by Gasteiger charge is 2.32. The number of aromatic nitrogens is 2. The normalized spacial score (nSPS) is 12.1. The highest BCUT2D eigenvalue weighted by Crippen LogP contribution is 2.35. The number of carbonyl (C=O) groups excluding carboxylic acids is 1. The number of hydrogen-bond donors (Lipinski definition) is 2. The number of nitrogens with zero attached hydrogens (tertiary/aromatic N) is 2. The number of nitrogen functional groups attached to an aromatic ring is 1. The number of anilines is 2. The summed E-state index contributed by atoms with van der Waals surface area (Å²) in [5, 5.41) is 6.12. The SMILES string of the molecule is CSc1nn(CC(=O)Nc2cc(C(F)(F)F)ccc2Cl)c(N)c1S(=O)(=O)c1ccc(F)cc1. The molecule has 2 aromatic carbocycles. The van der Waals surface area contributed by atoms with Crippen molar-refractivity contribution >= 4 is 50.6 Å². The van der Waals surface area contributed by atoms with Crippen LogP contribution in [0.5, 0.6) is 0 Å². The van der Waals surface area contributed by atoms with Crippen molar-refractivity contribution in [1.82, 2.24) is 9.78 Å². The number of halogens is 5. The second-order valence-electron chi connectivity index (χ2n) is 6.58. The van der Waals surface area contributed by atoms with Gasteiger partial charge in [-0.05, 0) is 48.7 Å². The van der Waals surface area contributed by atoms with Crippen LogP contribution in [0.3, 0.4) is 0 Å². The highest BCUT2D eigenvalue weighted by molar-refractivity contribution is 7.99. The molecule has 1 aromatic heterocycles. The summed E-state index contributed by atoms with van der Waals surface area (Å²) in [6.07, 6.45) is -3.11. The molecule has 176 valence electrons. The van der Waals surface area contributed by atoms with Crippen LogP contribution in [0.25, 0.3) is 0 Å². The van der Waals surface area contributed by atoms with E-state index in [0.717, 1.165) is 52.8 Å². The summed E-state index contributed by atoms with van der Waals surface area (Å²) in [6.45, 7) is -0.606. The third-order valence-corrected chi connectivity index (χ3v) is 7.33. The largest absolute Gasteiger partial charge is 0.416 e. The number of thioether (sulfide) groups is 1. The van der Waals surface area contributed by atoms with E-state index in [1.807, 2.05) is 0 Å². The van der Waals surface area contributed by atoms with Crippen LogP contribution in [-0.2, 0) is 27.4 Å². The topological polar surface area (TPSA) is 107 Å². The van der Waals surface area contributed by atoms with Gasteiger partial charge in [-0.1, -0.05) is 11.6 Å². The zero-order valence-corrected chi connectivity index (χ0v) is 19.0. The van der Waals surface area contributed by atoms with E-state index in [1.54, 1.807) is 0 Å². The first-order chi connectivity index (χ1) is 15.3. The van der Waals surface area contributed by atoms with Crippen LogP contribution in [0.2, 0.25) is 5.02 Å². The molecule has 0 radical (unpaired) electrons. The Morgan fingerprint density at radius 2 is 1.85 bits per heavy atom. The second-order valence-corrected chi connectivity index (χ2v) is 9.67. The molecular formula is C19H15ClF4N4O3S2. The molecule has 33 heavy (non-hydrogen) atoms. The minimum absolute atomic E-state index is 0.0123. The first kappa shape index (κ1) is 24.9. The summed E-state index contributed by atoms with van der Waals surface area (Å²) in [6, 6.07) is 6.49. The first-order valence-electron chi connectivity index (χ1n) is 8.92. The minimum atomic E-state index is -4.65. The average Bonchev–Trinajstić information content (AvgIpc) is 3.05. The molecule has 0 saturated heterocycles. The fourth-order valence-corrected chi connectivity index (χ4v) is 5.39. The van der Waals surface area contributed by atoms with Crippen LogP contribution in [0.1, 0.15) is 5.56 Å². The van der Waals surface area contributed by atoms with Crippen LogP contribution in [0.15, 0.2) is 57.3 Å². The molecule has 0 saturated carbocycles. The molecule has 0 fully saturated rings. The zero-order chi connectivity index (χ0) is 24.6. The van der Waals surface area contributed by atoms with Crippen molar-refractivity contribution < 1.29 is 30.8 Å². The molecule has 0 aliphatic heterocycles. The molecule has 3 N–H and O–H groups in total. The number of nitrogens with one attached hydrogen (secondary N) is 1. The van der Waals surface area contributed by atoms with E-state index in [-0.39, 0.29) is 31.3 Å². The van der Waals surface area contributed by atoms with Gasteiger partial charge in [-0.25, -0.2) is 17.5 Å². The molecular weight excluding hydrogens is 508 g/mol. The Balaban J connectivity index is 1.91. The average molecular weight is 523 g/mol. The number of hydrogen-bond acceptors (Lipinski definition) is 6. The van der Waals surface area contributed by atoms with Crippen LogP contribution in [0.4, 0.5) is 29.1 Å². The molecule has 7 nitrogen and oxygen atoms in total. The van der Waals surface area contributed by atoms with Gasteiger partial charge in [0.15, 0.2) is 0 Å². The van der Waals surface area contributed by atoms with Gasteiger partial charge in [-0.3, -0.25) is 4.79 Å². The van der Waals surface area contributed by atoms with E-state index < -0.39 is 39.8 Å². The number of benzene rings is 2. The third-order valence-electron chi connectivity index (χ3n) is 4.36. The van der Waals surface area contributed by atoms with Crippen molar-refractivity contribution in [3.63, 3.8) is 0 Å². The third kappa shape index (κ3) is 5.25. The number of alkyl halides is 3. The van der Waals surface area contributed by atoms with Crippen molar-refractivity contribution in [3.05, 3.63) is 58.9 Å². The number of rotatable bonds is 6. The van der Waals surface area contributed by atoms with Crippen molar-refractivity contribution in [2.45, 2.75) is 27.5 Å². The van der Waals surface area contributed by atoms with Crippen molar-refractivity contribution in [2.75, 3.05) is 17.3 Å². The van der Waals surface area contributed by atoms with Crippen LogP contribution in [0, 0.1) is 5.82 Å². The lowest BCUT2D eigenvalue weighted by Gasteiger charge is -2.12. The smallest absolute Gasteiger partial charge is 0.383 e. The molecule has 1 amide bonds. The summed E-state index contributed by atoms with van der Waals surface area (Å²) in [5.74, 6) is -1.84. The van der Waals surface area contributed by atoms with Gasteiger partial charge in [0.2, 0.25) is 15.7 Å². The number of amides is 1. The fraction of sp³-hybridized carbons (Fsp3) is 0.158. The Bertz CT molecular complexity index is 1310. The Morgan fingerprint density at radius 1 is 1.21 bits per heavy atom. The lowest BCUT2D eigenvalue weighted by Crippen LogP contribution is -2.21. The molecule has 0 aliphatic rings. The Morgan fingerprint density at radius 3 is 2.42 bits per heavy atom. The van der Waals surface area contributed by atoms with Gasteiger partial charge >= 0.3 is 6.18 Å². The maximum atomic E-state index is 13.2. The van der Waals surface area contributed by atoms with Crippen LogP contribution >= 0.6 is 23.4 Å². The van der Waals surface area contributed by atoms with Crippen molar-refractivity contribution in [1.29, 1.82) is 0 Å². The summed E-state index contributed by atoms with van der Waals surface area (Å²) in [5.41, 5.74) is 4.66.